The lowest BCUT2D eigenvalue weighted by Gasteiger charge is -2.55. The SMILES string of the molecule is CC1CC(C)CC(CO)(C2(O)COC2)C1. The van der Waals surface area contributed by atoms with Gasteiger partial charge in [0.2, 0.25) is 0 Å². The number of ether oxygens (including phenoxy) is 1. The predicted octanol–water partition coefficient (Wildman–Crippen LogP) is 1.18. The van der Waals surface area contributed by atoms with E-state index in [1.807, 2.05) is 0 Å². The summed E-state index contributed by atoms with van der Waals surface area (Å²) in [7, 11) is 0. The molecule has 2 aliphatic rings. The van der Waals surface area contributed by atoms with E-state index in [9.17, 15) is 10.2 Å². The van der Waals surface area contributed by atoms with Gasteiger partial charge in [-0.15, -0.1) is 0 Å². The Hall–Kier alpha value is -0.120. The highest BCUT2D eigenvalue weighted by molar-refractivity contribution is 5.05. The normalized spacial score (nSPS) is 44.8. The molecular weight excluding hydrogens is 192 g/mol. The van der Waals surface area contributed by atoms with Crippen LogP contribution in [0.5, 0.6) is 0 Å². The lowest BCUT2D eigenvalue weighted by atomic mass is 9.58. The summed E-state index contributed by atoms with van der Waals surface area (Å²) in [6, 6.07) is 0. The summed E-state index contributed by atoms with van der Waals surface area (Å²) in [5, 5.41) is 20.1. The number of rotatable bonds is 2. The number of hydrogen-bond donors (Lipinski definition) is 2. The van der Waals surface area contributed by atoms with E-state index in [0.29, 0.717) is 25.0 Å². The Morgan fingerprint density at radius 3 is 2.07 bits per heavy atom. The highest BCUT2D eigenvalue weighted by Crippen LogP contribution is 2.51. The number of hydrogen-bond acceptors (Lipinski definition) is 3. The molecule has 0 aromatic rings. The van der Waals surface area contributed by atoms with E-state index in [1.54, 1.807) is 0 Å². The summed E-state index contributed by atoms with van der Waals surface area (Å²) < 4.78 is 5.13. The molecule has 0 amide bonds. The average molecular weight is 214 g/mol. The molecule has 3 nitrogen and oxygen atoms in total. The molecule has 2 rings (SSSR count). The summed E-state index contributed by atoms with van der Waals surface area (Å²) in [5.41, 5.74) is -1.09. The summed E-state index contributed by atoms with van der Waals surface area (Å²) in [4.78, 5) is 0. The molecule has 1 aliphatic heterocycles. The lowest BCUT2D eigenvalue weighted by molar-refractivity contribution is -0.263. The summed E-state index contributed by atoms with van der Waals surface area (Å²) >= 11 is 0. The second-order valence-corrected chi connectivity index (χ2v) is 5.82. The standard InChI is InChI=1S/C12H22O3/c1-9-3-10(2)5-11(4-9,6-13)12(14)7-15-8-12/h9-10,13-14H,3-8H2,1-2H3. The van der Waals surface area contributed by atoms with Gasteiger partial charge in [-0.05, 0) is 31.1 Å². The third-order valence-corrected chi connectivity index (χ3v) is 4.25. The van der Waals surface area contributed by atoms with Crippen LogP contribution in [-0.2, 0) is 4.74 Å². The fourth-order valence-electron chi connectivity index (χ4n) is 3.53. The molecule has 15 heavy (non-hydrogen) atoms. The molecule has 2 N–H and O–H groups in total. The first-order valence-corrected chi connectivity index (χ1v) is 5.92. The van der Waals surface area contributed by atoms with E-state index >= 15 is 0 Å². The molecule has 1 heterocycles. The van der Waals surface area contributed by atoms with Crippen molar-refractivity contribution in [2.45, 2.75) is 38.7 Å². The molecule has 0 spiro atoms. The van der Waals surface area contributed by atoms with Gasteiger partial charge in [-0.1, -0.05) is 13.8 Å². The van der Waals surface area contributed by atoms with Crippen LogP contribution in [0.15, 0.2) is 0 Å². The third-order valence-electron chi connectivity index (χ3n) is 4.25. The van der Waals surface area contributed by atoms with Crippen LogP contribution < -0.4 is 0 Å². The van der Waals surface area contributed by atoms with Crippen molar-refractivity contribution >= 4 is 0 Å². The van der Waals surface area contributed by atoms with Crippen LogP contribution >= 0.6 is 0 Å². The molecular formula is C12H22O3. The van der Waals surface area contributed by atoms with Crippen molar-refractivity contribution in [3.05, 3.63) is 0 Å². The van der Waals surface area contributed by atoms with Crippen molar-refractivity contribution in [1.82, 2.24) is 0 Å². The molecule has 1 aliphatic carbocycles. The van der Waals surface area contributed by atoms with Crippen LogP contribution in [0.25, 0.3) is 0 Å². The van der Waals surface area contributed by atoms with Crippen LogP contribution in [0, 0.1) is 17.3 Å². The smallest absolute Gasteiger partial charge is 0.119 e. The first-order valence-electron chi connectivity index (χ1n) is 5.92. The second-order valence-electron chi connectivity index (χ2n) is 5.82. The maximum Gasteiger partial charge on any atom is 0.119 e. The van der Waals surface area contributed by atoms with Crippen molar-refractivity contribution in [2.24, 2.45) is 17.3 Å². The summed E-state index contributed by atoms with van der Waals surface area (Å²) in [6.45, 7) is 5.30. The molecule has 1 saturated carbocycles. The van der Waals surface area contributed by atoms with E-state index in [2.05, 4.69) is 13.8 Å². The van der Waals surface area contributed by atoms with Crippen molar-refractivity contribution < 1.29 is 14.9 Å². The zero-order valence-electron chi connectivity index (χ0n) is 9.70. The summed E-state index contributed by atoms with van der Waals surface area (Å²) in [6.07, 6.45) is 3.06. The molecule has 0 aromatic carbocycles. The molecule has 3 heteroatoms. The third kappa shape index (κ3) is 1.71. The minimum atomic E-state index is -0.773. The minimum absolute atomic E-state index is 0.0849. The van der Waals surface area contributed by atoms with E-state index in [0.717, 1.165) is 12.8 Å². The van der Waals surface area contributed by atoms with Crippen LogP contribution in [-0.4, -0.2) is 35.6 Å². The highest BCUT2D eigenvalue weighted by atomic mass is 16.5. The Morgan fingerprint density at radius 2 is 1.73 bits per heavy atom. The first-order chi connectivity index (χ1) is 7.01. The number of aliphatic hydroxyl groups is 2. The van der Waals surface area contributed by atoms with Crippen LogP contribution in [0.3, 0.4) is 0 Å². The largest absolute Gasteiger partial charge is 0.396 e. The number of aliphatic hydroxyl groups excluding tert-OH is 1. The van der Waals surface area contributed by atoms with Gasteiger partial charge in [0, 0.05) is 5.41 Å². The van der Waals surface area contributed by atoms with E-state index in [-0.39, 0.29) is 12.0 Å². The highest BCUT2D eigenvalue weighted by Gasteiger charge is 2.56. The van der Waals surface area contributed by atoms with Crippen molar-refractivity contribution in [1.29, 1.82) is 0 Å². The van der Waals surface area contributed by atoms with Gasteiger partial charge in [-0.2, -0.15) is 0 Å². The maximum atomic E-state index is 10.4. The Kier molecular flexibility index (Phi) is 2.82. The molecule has 88 valence electrons. The second kappa shape index (κ2) is 3.72. The van der Waals surface area contributed by atoms with E-state index < -0.39 is 5.60 Å². The zero-order valence-corrected chi connectivity index (χ0v) is 9.70. The Balaban J connectivity index is 2.19. The molecule has 2 fully saturated rings. The first kappa shape index (κ1) is 11.4. The van der Waals surface area contributed by atoms with Crippen LogP contribution in [0.4, 0.5) is 0 Å². The fourth-order valence-corrected chi connectivity index (χ4v) is 3.53. The Labute approximate surface area is 91.4 Å². The Morgan fingerprint density at radius 1 is 1.20 bits per heavy atom. The van der Waals surface area contributed by atoms with Gasteiger partial charge in [0.1, 0.15) is 5.60 Å². The minimum Gasteiger partial charge on any atom is -0.396 e. The van der Waals surface area contributed by atoms with Crippen LogP contribution in [0.2, 0.25) is 0 Å². The quantitative estimate of drug-likeness (QED) is 0.726. The van der Waals surface area contributed by atoms with E-state index in [1.165, 1.54) is 6.42 Å². The molecule has 1 saturated heterocycles. The zero-order chi connectivity index (χ0) is 11.1. The molecule has 0 aromatic heterocycles. The van der Waals surface area contributed by atoms with Crippen molar-refractivity contribution in [2.75, 3.05) is 19.8 Å². The van der Waals surface area contributed by atoms with Gasteiger partial charge in [-0.25, -0.2) is 0 Å². The Bertz CT molecular complexity index is 225. The van der Waals surface area contributed by atoms with E-state index in [4.69, 9.17) is 4.74 Å². The topological polar surface area (TPSA) is 49.7 Å². The maximum absolute atomic E-state index is 10.4. The molecule has 2 atom stereocenters. The monoisotopic (exact) mass is 214 g/mol. The van der Waals surface area contributed by atoms with Gasteiger partial charge in [0.25, 0.3) is 0 Å². The van der Waals surface area contributed by atoms with Crippen molar-refractivity contribution in [3.63, 3.8) is 0 Å². The predicted molar refractivity (Wildman–Crippen MR) is 57.5 cm³/mol. The molecule has 0 radical (unpaired) electrons. The van der Waals surface area contributed by atoms with Gasteiger partial charge >= 0.3 is 0 Å². The molecule has 0 bridgehead atoms. The van der Waals surface area contributed by atoms with Crippen molar-refractivity contribution in [3.8, 4) is 0 Å². The average Bonchev–Trinajstić information content (AvgIpc) is 2.12. The lowest BCUT2D eigenvalue weighted by Crippen LogP contribution is -2.65. The fraction of sp³-hybridized carbons (Fsp3) is 1.00. The van der Waals surface area contributed by atoms with Gasteiger partial charge < -0.3 is 14.9 Å². The molecule has 2 unspecified atom stereocenters. The van der Waals surface area contributed by atoms with Crippen LogP contribution in [0.1, 0.15) is 33.1 Å². The van der Waals surface area contributed by atoms with Gasteiger partial charge in [0.05, 0.1) is 19.8 Å². The van der Waals surface area contributed by atoms with Gasteiger partial charge in [0.15, 0.2) is 0 Å². The van der Waals surface area contributed by atoms with Gasteiger partial charge in [-0.3, -0.25) is 0 Å². The summed E-state index contributed by atoms with van der Waals surface area (Å²) in [5.74, 6) is 1.18.